The van der Waals surface area contributed by atoms with Gasteiger partial charge in [-0.3, -0.25) is 0 Å². The molecule has 1 aromatic heterocycles. The summed E-state index contributed by atoms with van der Waals surface area (Å²) in [6, 6.07) is 2.55. The third kappa shape index (κ3) is 2.13. The minimum absolute atomic E-state index is 0.108. The monoisotopic (exact) mass is 223 g/mol. The predicted octanol–water partition coefficient (Wildman–Crippen LogP) is 1.83. The molecule has 16 heavy (non-hydrogen) atoms. The third-order valence-corrected chi connectivity index (χ3v) is 2.92. The average Bonchev–Trinajstić information content (AvgIpc) is 2.29. The molecule has 1 fully saturated rings. The molecule has 2 rings (SSSR count). The van der Waals surface area contributed by atoms with E-state index in [1.807, 2.05) is 0 Å². The van der Waals surface area contributed by atoms with E-state index in [1.165, 1.54) is 12.3 Å². The number of piperidine rings is 1. The van der Waals surface area contributed by atoms with Crippen LogP contribution in [0.25, 0.3) is 0 Å². The first-order chi connectivity index (χ1) is 7.68. The van der Waals surface area contributed by atoms with Gasteiger partial charge >= 0.3 is 6.03 Å². The molecule has 1 atom stereocenters. The van der Waals surface area contributed by atoms with Crippen molar-refractivity contribution in [1.29, 1.82) is 0 Å². The first-order valence-corrected chi connectivity index (χ1v) is 5.36. The van der Waals surface area contributed by atoms with Crippen LogP contribution in [0.4, 0.5) is 9.18 Å². The largest absolute Gasteiger partial charge is 0.351 e. The molecule has 86 valence electrons. The summed E-state index contributed by atoms with van der Waals surface area (Å²) in [6.45, 7) is 0.643. The van der Waals surface area contributed by atoms with Crippen molar-refractivity contribution in [2.45, 2.75) is 25.3 Å². The van der Waals surface area contributed by atoms with Crippen molar-refractivity contribution >= 4 is 6.03 Å². The van der Waals surface area contributed by atoms with Gasteiger partial charge in [-0.15, -0.1) is 0 Å². The Morgan fingerprint density at radius 2 is 2.38 bits per heavy atom. The van der Waals surface area contributed by atoms with Gasteiger partial charge in [-0.2, -0.15) is 4.39 Å². The van der Waals surface area contributed by atoms with E-state index < -0.39 is 12.0 Å². The molecular weight excluding hydrogens is 209 g/mol. The zero-order valence-corrected chi connectivity index (χ0v) is 8.90. The molecule has 2 amide bonds. The first kappa shape index (κ1) is 10.9. The normalized spacial score (nSPS) is 20.8. The second kappa shape index (κ2) is 4.47. The van der Waals surface area contributed by atoms with Crippen LogP contribution in [0.2, 0.25) is 0 Å². The zero-order chi connectivity index (χ0) is 11.5. The lowest BCUT2D eigenvalue weighted by Gasteiger charge is -2.34. The lowest BCUT2D eigenvalue weighted by Crippen LogP contribution is -2.41. The number of nitrogens with two attached hydrogens (primary N) is 1. The van der Waals surface area contributed by atoms with Gasteiger partial charge in [-0.25, -0.2) is 9.78 Å². The molecule has 4 nitrogen and oxygen atoms in total. The van der Waals surface area contributed by atoms with E-state index in [0.717, 1.165) is 24.8 Å². The number of nitrogens with zero attached hydrogens (tertiary/aromatic N) is 2. The lowest BCUT2D eigenvalue weighted by atomic mass is 9.96. The van der Waals surface area contributed by atoms with E-state index in [2.05, 4.69) is 4.98 Å². The number of hydrogen-bond acceptors (Lipinski definition) is 2. The summed E-state index contributed by atoms with van der Waals surface area (Å²) in [7, 11) is 0. The smallest absolute Gasteiger partial charge is 0.315 e. The molecule has 0 aliphatic carbocycles. The predicted molar refractivity (Wildman–Crippen MR) is 57.1 cm³/mol. The van der Waals surface area contributed by atoms with Crippen LogP contribution in [0, 0.1) is 5.95 Å². The summed E-state index contributed by atoms with van der Waals surface area (Å²) in [4.78, 5) is 16.4. The number of amides is 2. The lowest BCUT2D eigenvalue weighted by molar-refractivity contribution is 0.159. The Morgan fingerprint density at radius 1 is 1.56 bits per heavy atom. The molecule has 1 aliphatic rings. The van der Waals surface area contributed by atoms with Crippen LogP contribution < -0.4 is 5.73 Å². The van der Waals surface area contributed by atoms with Crippen LogP contribution >= 0.6 is 0 Å². The maximum Gasteiger partial charge on any atom is 0.315 e. The van der Waals surface area contributed by atoms with E-state index in [-0.39, 0.29) is 6.04 Å². The number of hydrogen-bond donors (Lipinski definition) is 1. The molecule has 0 bridgehead atoms. The fraction of sp³-hybridized carbons (Fsp3) is 0.455. The Morgan fingerprint density at radius 3 is 3.06 bits per heavy atom. The number of rotatable bonds is 1. The molecule has 0 saturated carbocycles. The molecule has 2 heterocycles. The summed E-state index contributed by atoms with van der Waals surface area (Å²) in [6.07, 6.45) is 4.22. The Hall–Kier alpha value is -1.65. The molecule has 1 saturated heterocycles. The fourth-order valence-corrected chi connectivity index (χ4v) is 2.17. The first-order valence-electron chi connectivity index (χ1n) is 5.36. The van der Waals surface area contributed by atoms with Gasteiger partial charge in [-0.1, -0.05) is 0 Å². The molecule has 0 aromatic carbocycles. The number of carbonyl (C=O) groups is 1. The van der Waals surface area contributed by atoms with Crippen molar-refractivity contribution in [3.05, 3.63) is 29.8 Å². The van der Waals surface area contributed by atoms with E-state index in [1.54, 1.807) is 11.0 Å². The maximum absolute atomic E-state index is 13.0. The van der Waals surface area contributed by atoms with Gasteiger partial charge in [-0.05, 0) is 37.0 Å². The number of aromatic nitrogens is 1. The van der Waals surface area contributed by atoms with E-state index in [9.17, 15) is 9.18 Å². The molecule has 2 N–H and O–H groups in total. The van der Waals surface area contributed by atoms with Crippen LogP contribution in [0.1, 0.15) is 30.9 Å². The number of likely N-dealkylation sites (tertiary alicyclic amines) is 1. The zero-order valence-electron chi connectivity index (χ0n) is 8.90. The SMILES string of the molecule is NC(=O)N1CCCCC1c1ccnc(F)c1. The molecule has 0 spiro atoms. The van der Waals surface area contributed by atoms with Gasteiger partial charge in [0, 0.05) is 12.7 Å². The highest BCUT2D eigenvalue weighted by Gasteiger charge is 2.26. The Labute approximate surface area is 93.3 Å². The number of urea groups is 1. The van der Waals surface area contributed by atoms with Gasteiger partial charge in [0.2, 0.25) is 5.95 Å². The highest BCUT2D eigenvalue weighted by Crippen LogP contribution is 2.30. The Bertz CT molecular complexity index is 397. The topological polar surface area (TPSA) is 59.2 Å². The number of primary amides is 1. The maximum atomic E-state index is 13.0. The van der Waals surface area contributed by atoms with Crippen molar-refractivity contribution in [2.75, 3.05) is 6.54 Å². The average molecular weight is 223 g/mol. The quantitative estimate of drug-likeness (QED) is 0.738. The van der Waals surface area contributed by atoms with Crippen molar-refractivity contribution < 1.29 is 9.18 Å². The second-order valence-corrected chi connectivity index (χ2v) is 3.96. The van der Waals surface area contributed by atoms with Gasteiger partial charge in [0.25, 0.3) is 0 Å². The van der Waals surface area contributed by atoms with Gasteiger partial charge in [0.1, 0.15) is 0 Å². The van der Waals surface area contributed by atoms with Crippen molar-refractivity contribution in [2.24, 2.45) is 5.73 Å². The highest BCUT2D eigenvalue weighted by atomic mass is 19.1. The fourth-order valence-electron chi connectivity index (χ4n) is 2.17. The number of pyridine rings is 1. The van der Waals surface area contributed by atoms with Crippen molar-refractivity contribution in [1.82, 2.24) is 9.88 Å². The van der Waals surface area contributed by atoms with E-state index in [0.29, 0.717) is 6.54 Å². The molecule has 1 unspecified atom stereocenters. The summed E-state index contributed by atoms with van der Waals surface area (Å²) in [5.41, 5.74) is 6.08. The van der Waals surface area contributed by atoms with Crippen molar-refractivity contribution in [3.63, 3.8) is 0 Å². The summed E-state index contributed by atoms with van der Waals surface area (Å²) in [5.74, 6) is -0.521. The van der Waals surface area contributed by atoms with Gasteiger partial charge < -0.3 is 10.6 Å². The molecular formula is C11H14FN3O. The van der Waals surface area contributed by atoms with E-state index >= 15 is 0 Å². The van der Waals surface area contributed by atoms with Crippen LogP contribution in [0.3, 0.4) is 0 Å². The van der Waals surface area contributed by atoms with Crippen LogP contribution in [-0.2, 0) is 0 Å². The second-order valence-electron chi connectivity index (χ2n) is 3.96. The van der Waals surface area contributed by atoms with Gasteiger partial charge in [0.15, 0.2) is 0 Å². The Balaban J connectivity index is 2.26. The summed E-state index contributed by atoms with van der Waals surface area (Å²) >= 11 is 0. The van der Waals surface area contributed by atoms with Crippen LogP contribution in [0.5, 0.6) is 0 Å². The standard InChI is InChI=1S/C11H14FN3O/c12-10-7-8(4-5-14-10)9-3-1-2-6-15(9)11(13)16/h4-5,7,9H,1-3,6H2,(H2,13,16). The third-order valence-electron chi connectivity index (χ3n) is 2.92. The van der Waals surface area contributed by atoms with Crippen LogP contribution in [-0.4, -0.2) is 22.5 Å². The molecule has 5 heteroatoms. The number of carbonyl (C=O) groups excluding carboxylic acids is 1. The summed E-state index contributed by atoms with van der Waals surface area (Å²) < 4.78 is 13.0. The molecule has 0 radical (unpaired) electrons. The highest BCUT2D eigenvalue weighted by molar-refractivity contribution is 5.72. The van der Waals surface area contributed by atoms with Gasteiger partial charge in [0.05, 0.1) is 6.04 Å². The van der Waals surface area contributed by atoms with E-state index in [4.69, 9.17) is 5.73 Å². The molecule has 1 aliphatic heterocycles. The minimum Gasteiger partial charge on any atom is -0.351 e. The number of halogens is 1. The van der Waals surface area contributed by atoms with Crippen molar-refractivity contribution in [3.8, 4) is 0 Å². The summed E-state index contributed by atoms with van der Waals surface area (Å²) in [5, 5.41) is 0. The molecule has 1 aromatic rings. The van der Waals surface area contributed by atoms with Crippen LogP contribution in [0.15, 0.2) is 18.3 Å². The Kier molecular flexibility index (Phi) is 3.03. The minimum atomic E-state index is -0.521.